The lowest BCUT2D eigenvalue weighted by Gasteiger charge is -2.19. The molecule has 10 heteroatoms. The number of rotatable bonds is 56. The van der Waals surface area contributed by atoms with Gasteiger partial charge >= 0.3 is 19.8 Å². The van der Waals surface area contributed by atoms with E-state index in [1.165, 1.54) is 122 Å². The van der Waals surface area contributed by atoms with Gasteiger partial charge in [0.2, 0.25) is 0 Å². The Bertz CT molecular complexity index is 1590. The third kappa shape index (κ3) is 59.8. The highest BCUT2D eigenvalue weighted by molar-refractivity contribution is 7.47. The van der Waals surface area contributed by atoms with E-state index in [4.69, 9.17) is 24.3 Å². The van der Waals surface area contributed by atoms with E-state index in [0.29, 0.717) is 6.42 Å². The van der Waals surface area contributed by atoms with Crippen LogP contribution in [0.15, 0.2) is 109 Å². The van der Waals surface area contributed by atoms with Crippen LogP contribution in [-0.2, 0) is 32.7 Å². The van der Waals surface area contributed by atoms with Gasteiger partial charge in [-0.15, -0.1) is 0 Å². The summed E-state index contributed by atoms with van der Waals surface area (Å²) in [6.07, 6.45) is 81.4. The number of unbranched alkanes of at least 4 members (excludes halogenated alkanes) is 25. The molecule has 0 bridgehead atoms. The van der Waals surface area contributed by atoms with Crippen molar-refractivity contribution >= 4 is 19.8 Å². The van der Waals surface area contributed by atoms with Gasteiger partial charge in [-0.3, -0.25) is 18.6 Å². The zero-order valence-corrected chi connectivity index (χ0v) is 48.9. The van der Waals surface area contributed by atoms with E-state index in [0.717, 1.165) is 103 Å². The average Bonchev–Trinajstić information content (AvgIpc) is 3.40. The summed E-state index contributed by atoms with van der Waals surface area (Å²) in [7, 11) is -4.40. The summed E-state index contributed by atoms with van der Waals surface area (Å²) in [4.78, 5) is 35.2. The van der Waals surface area contributed by atoms with E-state index in [-0.39, 0.29) is 38.6 Å². The molecule has 430 valence electrons. The van der Waals surface area contributed by atoms with Crippen LogP contribution >= 0.6 is 7.82 Å². The first-order valence-corrected chi connectivity index (χ1v) is 31.9. The molecule has 0 amide bonds. The van der Waals surface area contributed by atoms with Gasteiger partial charge in [-0.2, -0.15) is 0 Å². The second-order valence-corrected chi connectivity index (χ2v) is 21.3. The number of phosphoric ester groups is 1. The maximum atomic E-state index is 12.7. The van der Waals surface area contributed by atoms with E-state index in [9.17, 15) is 19.0 Å². The molecule has 3 N–H and O–H groups in total. The van der Waals surface area contributed by atoms with Crippen LogP contribution in [0.5, 0.6) is 0 Å². The highest BCUT2D eigenvalue weighted by atomic mass is 31.2. The van der Waals surface area contributed by atoms with Crippen molar-refractivity contribution < 1.29 is 37.6 Å². The van der Waals surface area contributed by atoms with E-state index >= 15 is 0 Å². The fourth-order valence-electron chi connectivity index (χ4n) is 8.18. The third-order valence-corrected chi connectivity index (χ3v) is 13.6. The summed E-state index contributed by atoms with van der Waals surface area (Å²) in [5.74, 6) is -0.851. The van der Waals surface area contributed by atoms with E-state index in [1.807, 2.05) is 0 Å². The largest absolute Gasteiger partial charge is 0.472 e. The van der Waals surface area contributed by atoms with Crippen LogP contribution in [0, 0.1) is 0 Å². The first kappa shape index (κ1) is 71.7. The van der Waals surface area contributed by atoms with Gasteiger partial charge in [-0.25, -0.2) is 4.57 Å². The Morgan fingerprint density at radius 3 is 1.09 bits per heavy atom. The molecule has 2 atom stereocenters. The number of hydrogen-bond acceptors (Lipinski definition) is 8. The Balaban J connectivity index is 4.02. The summed E-state index contributed by atoms with van der Waals surface area (Å²) in [5.41, 5.74) is 5.39. The first-order valence-electron chi connectivity index (χ1n) is 30.4. The van der Waals surface area contributed by atoms with Gasteiger partial charge in [0.05, 0.1) is 13.2 Å². The van der Waals surface area contributed by atoms with Crippen LogP contribution < -0.4 is 5.73 Å². The average molecular weight is 1070 g/mol. The van der Waals surface area contributed by atoms with Crippen molar-refractivity contribution in [2.75, 3.05) is 26.4 Å². The lowest BCUT2D eigenvalue weighted by molar-refractivity contribution is -0.161. The van der Waals surface area contributed by atoms with Gasteiger partial charge in [-0.1, -0.05) is 252 Å². The van der Waals surface area contributed by atoms with Gasteiger partial charge < -0.3 is 20.1 Å². The van der Waals surface area contributed by atoms with Crippen LogP contribution in [0.1, 0.15) is 258 Å². The summed E-state index contributed by atoms with van der Waals surface area (Å²) >= 11 is 0. The van der Waals surface area contributed by atoms with Gasteiger partial charge in [0, 0.05) is 19.4 Å². The van der Waals surface area contributed by atoms with Gasteiger partial charge in [0.1, 0.15) is 6.61 Å². The quantitative estimate of drug-likeness (QED) is 0.0264. The monoisotopic (exact) mass is 1070 g/mol. The van der Waals surface area contributed by atoms with Crippen molar-refractivity contribution in [2.24, 2.45) is 5.73 Å². The Kier molecular flexibility index (Phi) is 57.2. The molecule has 0 heterocycles. The number of carbonyl (C=O) groups is 2. The molecule has 0 aromatic heterocycles. The zero-order chi connectivity index (χ0) is 54.5. The lowest BCUT2D eigenvalue weighted by atomic mass is 10.0. The Labute approximate surface area is 460 Å². The second-order valence-electron chi connectivity index (χ2n) is 19.8. The molecule has 0 aliphatic rings. The molecule has 0 spiro atoms. The first-order chi connectivity index (χ1) is 36.8. The predicted octanol–water partition coefficient (Wildman–Crippen LogP) is 19.4. The molecule has 0 fully saturated rings. The molecule has 2 unspecified atom stereocenters. The molecule has 0 aliphatic heterocycles. The Hall–Kier alpha value is -3.33. The molecule has 0 saturated heterocycles. The number of hydrogen-bond donors (Lipinski definition) is 2. The topological polar surface area (TPSA) is 134 Å². The summed E-state index contributed by atoms with van der Waals surface area (Å²) < 4.78 is 33.1. The van der Waals surface area contributed by atoms with E-state index < -0.39 is 26.5 Å². The number of allylic oxidation sites excluding steroid dienone is 18. The van der Waals surface area contributed by atoms with Crippen molar-refractivity contribution in [3.63, 3.8) is 0 Å². The van der Waals surface area contributed by atoms with Crippen LogP contribution in [0.4, 0.5) is 0 Å². The highest BCUT2D eigenvalue weighted by Gasteiger charge is 2.26. The molecule has 0 aromatic rings. The lowest BCUT2D eigenvalue weighted by Crippen LogP contribution is -2.29. The molecule has 0 aliphatic carbocycles. The van der Waals surface area contributed by atoms with Crippen molar-refractivity contribution in [3.8, 4) is 0 Å². The zero-order valence-electron chi connectivity index (χ0n) is 48.0. The van der Waals surface area contributed by atoms with Crippen molar-refractivity contribution in [3.05, 3.63) is 109 Å². The maximum Gasteiger partial charge on any atom is 0.472 e. The standard InChI is InChI=1S/C65H112NO8P/c1-3-5-7-9-11-13-15-17-19-21-23-25-27-29-31-33-35-37-39-41-43-45-47-49-51-53-55-57-64(67)71-61-63(62-73-75(69,70)72-60-59-66)74-65(68)58-56-54-52-50-48-46-44-42-40-38-36-34-32-30-28-26-24-22-20-18-16-14-12-10-8-6-4-2/h6,8,12,14-15,17-18,20-21,23-24,26,30,32,36,38,42,44,63H,3-5,7,9-11,13,16,19,22,25,27-29,31,33-35,37,39-41,43,45-62,66H2,1-2H3,(H,69,70)/b8-6-,14-12-,17-15-,20-18-,23-21-,26-24-,32-30-,38-36-,44-42-. The van der Waals surface area contributed by atoms with Crippen molar-refractivity contribution in [2.45, 2.75) is 264 Å². The van der Waals surface area contributed by atoms with Crippen molar-refractivity contribution in [1.29, 1.82) is 0 Å². The van der Waals surface area contributed by atoms with Crippen LogP contribution in [0.2, 0.25) is 0 Å². The summed E-state index contributed by atoms with van der Waals surface area (Å²) in [5, 5.41) is 0. The molecule has 0 radical (unpaired) electrons. The number of nitrogens with two attached hydrogens (primary N) is 1. The molecular weight excluding hydrogens is 954 g/mol. The van der Waals surface area contributed by atoms with Crippen LogP contribution in [-0.4, -0.2) is 49.3 Å². The van der Waals surface area contributed by atoms with Gasteiger partial charge in [0.15, 0.2) is 6.10 Å². The number of carbonyl (C=O) groups excluding carboxylic acids is 2. The minimum Gasteiger partial charge on any atom is -0.462 e. The fraction of sp³-hybridized carbons (Fsp3) is 0.692. The molecular formula is C65H112NO8P. The molecule has 75 heavy (non-hydrogen) atoms. The minimum atomic E-state index is -4.40. The van der Waals surface area contributed by atoms with Crippen LogP contribution in [0.3, 0.4) is 0 Å². The molecule has 0 saturated carbocycles. The van der Waals surface area contributed by atoms with Crippen molar-refractivity contribution in [1.82, 2.24) is 0 Å². The van der Waals surface area contributed by atoms with Gasteiger partial charge in [0.25, 0.3) is 0 Å². The summed E-state index contributed by atoms with van der Waals surface area (Å²) in [6, 6.07) is 0. The Morgan fingerprint density at radius 2 is 0.733 bits per heavy atom. The minimum absolute atomic E-state index is 0.0448. The SMILES string of the molecule is CC/C=C\C/C=C\C/C=C\C/C=C\C/C=C\C/C=C\C/C=C\CCCCCCCC(=O)OC(COC(=O)CCCCCCCCCCCCCCCCC/C=C\C/C=C\CCCCCCC)COP(=O)(O)OCCN. The summed E-state index contributed by atoms with van der Waals surface area (Å²) in [6.45, 7) is 3.60. The number of phosphoric acid groups is 1. The fourth-order valence-corrected chi connectivity index (χ4v) is 8.94. The molecule has 9 nitrogen and oxygen atoms in total. The number of ether oxygens (including phenoxy) is 2. The third-order valence-electron chi connectivity index (χ3n) is 12.6. The van der Waals surface area contributed by atoms with Gasteiger partial charge in [-0.05, 0) is 103 Å². The van der Waals surface area contributed by atoms with E-state index in [2.05, 4.69) is 123 Å². The second kappa shape index (κ2) is 59.9. The predicted molar refractivity (Wildman–Crippen MR) is 321 cm³/mol. The normalized spacial score (nSPS) is 13.8. The smallest absolute Gasteiger partial charge is 0.462 e. The molecule has 0 rings (SSSR count). The molecule has 0 aromatic carbocycles. The van der Waals surface area contributed by atoms with Crippen LogP contribution in [0.25, 0.3) is 0 Å². The number of esters is 2. The maximum absolute atomic E-state index is 12.7. The Morgan fingerprint density at radius 1 is 0.413 bits per heavy atom. The highest BCUT2D eigenvalue weighted by Crippen LogP contribution is 2.43. The van der Waals surface area contributed by atoms with E-state index in [1.54, 1.807) is 0 Å².